The highest BCUT2D eigenvalue weighted by atomic mass is 19.1. The highest BCUT2D eigenvalue weighted by Gasteiger charge is 2.25. The normalized spacial score (nSPS) is 16.5. The number of nitrogens with one attached hydrogen (secondary N) is 1. The fourth-order valence-corrected chi connectivity index (χ4v) is 3.35. The predicted molar refractivity (Wildman–Crippen MR) is 105 cm³/mol. The minimum Gasteiger partial charge on any atom is -0.478 e. The lowest BCUT2D eigenvalue weighted by molar-refractivity contribution is -0.121. The van der Waals surface area contributed by atoms with Crippen LogP contribution in [0.2, 0.25) is 0 Å². The van der Waals surface area contributed by atoms with E-state index in [9.17, 15) is 14.0 Å². The molecule has 1 heterocycles. The summed E-state index contributed by atoms with van der Waals surface area (Å²) in [5.41, 5.74) is 1.71. The van der Waals surface area contributed by atoms with Crippen molar-refractivity contribution in [3.8, 4) is 0 Å². The van der Waals surface area contributed by atoms with E-state index < -0.39 is 5.97 Å². The maximum atomic E-state index is 13.3. The number of benzene rings is 2. The van der Waals surface area contributed by atoms with Crippen molar-refractivity contribution in [1.29, 1.82) is 0 Å². The van der Waals surface area contributed by atoms with Crippen molar-refractivity contribution in [1.82, 2.24) is 9.80 Å². The summed E-state index contributed by atoms with van der Waals surface area (Å²) in [6.07, 6.45) is 0. The molecular formula is C21H24FN3O3. The molecule has 1 fully saturated rings. The number of hydrogen-bond donors (Lipinski definition) is 2. The lowest BCUT2D eigenvalue weighted by Gasteiger charge is -2.37. The first-order valence-corrected chi connectivity index (χ1v) is 9.27. The fraction of sp³-hybridized carbons (Fsp3) is 0.333. The van der Waals surface area contributed by atoms with Crippen LogP contribution in [0.4, 0.5) is 10.1 Å². The van der Waals surface area contributed by atoms with Crippen molar-refractivity contribution in [2.75, 3.05) is 31.5 Å². The SMILES string of the molecule is CC(C(=O)Nc1cccc(F)c1)N1CCN(Cc2cccc(C(=O)O)c2)CC1. The van der Waals surface area contributed by atoms with Crippen molar-refractivity contribution in [3.63, 3.8) is 0 Å². The zero-order chi connectivity index (χ0) is 20.1. The molecule has 0 saturated carbocycles. The number of rotatable bonds is 6. The van der Waals surface area contributed by atoms with Crippen LogP contribution in [0.25, 0.3) is 0 Å². The highest BCUT2D eigenvalue weighted by Crippen LogP contribution is 2.14. The van der Waals surface area contributed by atoms with Crippen LogP contribution in [0.5, 0.6) is 0 Å². The number of carbonyl (C=O) groups is 2. The summed E-state index contributed by atoms with van der Waals surface area (Å²) in [6, 6.07) is 12.5. The van der Waals surface area contributed by atoms with Crippen LogP contribution in [-0.4, -0.2) is 59.0 Å². The van der Waals surface area contributed by atoms with E-state index in [2.05, 4.69) is 15.1 Å². The van der Waals surface area contributed by atoms with Crippen LogP contribution in [0.3, 0.4) is 0 Å². The van der Waals surface area contributed by atoms with E-state index in [1.165, 1.54) is 12.1 Å². The number of halogens is 1. The van der Waals surface area contributed by atoms with Gasteiger partial charge in [-0.05, 0) is 42.8 Å². The molecule has 7 heteroatoms. The summed E-state index contributed by atoms with van der Waals surface area (Å²) in [7, 11) is 0. The van der Waals surface area contributed by atoms with Gasteiger partial charge in [-0.1, -0.05) is 18.2 Å². The van der Waals surface area contributed by atoms with Gasteiger partial charge in [-0.3, -0.25) is 14.6 Å². The monoisotopic (exact) mass is 385 g/mol. The van der Waals surface area contributed by atoms with Crippen molar-refractivity contribution < 1.29 is 19.1 Å². The summed E-state index contributed by atoms with van der Waals surface area (Å²) in [5, 5.41) is 11.9. The molecule has 1 aliphatic heterocycles. The van der Waals surface area contributed by atoms with Gasteiger partial charge in [0.15, 0.2) is 0 Å². The van der Waals surface area contributed by atoms with Gasteiger partial charge in [-0.2, -0.15) is 0 Å². The quantitative estimate of drug-likeness (QED) is 0.800. The number of carboxylic acid groups (broad SMARTS) is 1. The van der Waals surface area contributed by atoms with Gasteiger partial charge in [0, 0.05) is 38.4 Å². The molecule has 1 atom stereocenters. The van der Waals surface area contributed by atoms with E-state index in [-0.39, 0.29) is 17.8 Å². The second-order valence-corrected chi connectivity index (χ2v) is 6.99. The molecule has 1 amide bonds. The van der Waals surface area contributed by atoms with E-state index in [0.29, 0.717) is 17.8 Å². The average Bonchev–Trinajstić information content (AvgIpc) is 2.68. The summed E-state index contributed by atoms with van der Waals surface area (Å²) >= 11 is 0. The Balaban J connectivity index is 1.51. The van der Waals surface area contributed by atoms with Crippen molar-refractivity contribution in [3.05, 3.63) is 65.5 Å². The summed E-state index contributed by atoms with van der Waals surface area (Å²) in [6.45, 7) is 5.57. The lowest BCUT2D eigenvalue weighted by Crippen LogP contribution is -2.52. The van der Waals surface area contributed by atoms with Crippen LogP contribution >= 0.6 is 0 Å². The second kappa shape index (κ2) is 8.95. The number of piperazine rings is 1. The minimum atomic E-state index is -0.926. The topological polar surface area (TPSA) is 72.9 Å². The second-order valence-electron chi connectivity index (χ2n) is 6.99. The maximum absolute atomic E-state index is 13.3. The first-order valence-electron chi connectivity index (χ1n) is 9.27. The number of hydrogen-bond acceptors (Lipinski definition) is 4. The Morgan fingerprint density at radius 3 is 2.50 bits per heavy atom. The molecule has 2 aromatic carbocycles. The zero-order valence-electron chi connectivity index (χ0n) is 15.8. The van der Waals surface area contributed by atoms with Crippen LogP contribution in [0.1, 0.15) is 22.8 Å². The van der Waals surface area contributed by atoms with Gasteiger partial charge in [0.2, 0.25) is 5.91 Å². The smallest absolute Gasteiger partial charge is 0.335 e. The van der Waals surface area contributed by atoms with Crippen LogP contribution in [0.15, 0.2) is 48.5 Å². The van der Waals surface area contributed by atoms with Crippen LogP contribution < -0.4 is 5.32 Å². The molecule has 0 spiro atoms. The van der Waals surface area contributed by atoms with Gasteiger partial charge in [0.1, 0.15) is 5.82 Å². The zero-order valence-corrected chi connectivity index (χ0v) is 15.8. The number of aromatic carboxylic acids is 1. The maximum Gasteiger partial charge on any atom is 0.335 e. The van der Waals surface area contributed by atoms with Crippen LogP contribution in [0, 0.1) is 5.82 Å². The number of amides is 1. The molecule has 2 aromatic rings. The Bertz CT molecular complexity index is 850. The number of anilines is 1. The molecule has 148 valence electrons. The molecular weight excluding hydrogens is 361 g/mol. The Labute approximate surface area is 163 Å². The van der Waals surface area contributed by atoms with E-state index in [1.807, 2.05) is 13.0 Å². The van der Waals surface area contributed by atoms with Gasteiger partial charge >= 0.3 is 5.97 Å². The van der Waals surface area contributed by atoms with Gasteiger partial charge < -0.3 is 10.4 Å². The molecule has 6 nitrogen and oxygen atoms in total. The number of carboxylic acids is 1. The summed E-state index contributed by atoms with van der Waals surface area (Å²) < 4.78 is 13.3. The number of nitrogens with zero attached hydrogens (tertiary/aromatic N) is 2. The van der Waals surface area contributed by atoms with Crippen molar-refractivity contribution >= 4 is 17.6 Å². The first kappa shape index (κ1) is 20.0. The summed E-state index contributed by atoms with van der Waals surface area (Å²) in [5.74, 6) is -1.47. The third kappa shape index (κ3) is 5.15. The van der Waals surface area contributed by atoms with E-state index >= 15 is 0 Å². The molecule has 28 heavy (non-hydrogen) atoms. The highest BCUT2D eigenvalue weighted by molar-refractivity contribution is 5.94. The molecule has 1 unspecified atom stereocenters. The molecule has 0 bridgehead atoms. The van der Waals surface area contributed by atoms with Crippen LogP contribution in [-0.2, 0) is 11.3 Å². The largest absolute Gasteiger partial charge is 0.478 e. The average molecular weight is 385 g/mol. The van der Waals surface area contributed by atoms with E-state index in [1.54, 1.807) is 30.3 Å². The minimum absolute atomic E-state index is 0.159. The molecule has 2 N–H and O–H groups in total. The molecule has 0 radical (unpaired) electrons. The summed E-state index contributed by atoms with van der Waals surface area (Å²) in [4.78, 5) is 27.9. The standard InChI is InChI=1S/C21H24FN3O3/c1-15(20(26)23-19-7-3-6-18(22)13-19)25-10-8-24(9-11-25)14-16-4-2-5-17(12-16)21(27)28/h2-7,12-13,15H,8-11,14H2,1H3,(H,23,26)(H,27,28). The Morgan fingerprint density at radius 1 is 1.11 bits per heavy atom. The molecule has 0 aromatic heterocycles. The molecule has 1 saturated heterocycles. The van der Waals surface area contributed by atoms with Gasteiger partial charge in [-0.25, -0.2) is 9.18 Å². The lowest BCUT2D eigenvalue weighted by atomic mass is 10.1. The third-order valence-corrected chi connectivity index (χ3v) is 5.01. The first-order chi connectivity index (χ1) is 13.4. The van der Waals surface area contributed by atoms with Gasteiger partial charge in [0.05, 0.1) is 11.6 Å². The van der Waals surface area contributed by atoms with Gasteiger partial charge in [0.25, 0.3) is 0 Å². The fourth-order valence-electron chi connectivity index (χ4n) is 3.35. The van der Waals surface area contributed by atoms with Crippen molar-refractivity contribution in [2.45, 2.75) is 19.5 Å². The molecule has 0 aliphatic carbocycles. The van der Waals surface area contributed by atoms with Crippen molar-refractivity contribution in [2.24, 2.45) is 0 Å². The predicted octanol–water partition coefficient (Wildman–Crippen LogP) is 2.67. The molecule has 3 rings (SSSR count). The van der Waals surface area contributed by atoms with Gasteiger partial charge in [-0.15, -0.1) is 0 Å². The third-order valence-electron chi connectivity index (χ3n) is 5.01. The van der Waals surface area contributed by atoms with E-state index in [4.69, 9.17) is 5.11 Å². The molecule has 1 aliphatic rings. The number of carbonyl (C=O) groups excluding carboxylic acids is 1. The Kier molecular flexibility index (Phi) is 6.38. The Morgan fingerprint density at radius 2 is 1.82 bits per heavy atom. The van der Waals surface area contributed by atoms with E-state index in [0.717, 1.165) is 31.7 Å². The Hall–Kier alpha value is -2.77.